The fraction of sp³-hybridized carbons (Fsp3) is 0.278. The van der Waals surface area contributed by atoms with Crippen LogP contribution in [0.5, 0.6) is 11.5 Å². The van der Waals surface area contributed by atoms with Crippen LogP contribution in [0.1, 0.15) is 6.92 Å². The lowest BCUT2D eigenvalue weighted by molar-refractivity contribution is -0.146. The van der Waals surface area contributed by atoms with Crippen LogP contribution in [0.25, 0.3) is 10.8 Å². The predicted octanol–water partition coefficient (Wildman–Crippen LogP) is 2.71. The Bertz CT molecular complexity index is 680. The summed E-state index contributed by atoms with van der Waals surface area (Å²) in [5.74, 6) is 0.827. The van der Waals surface area contributed by atoms with Gasteiger partial charge in [-0.25, -0.2) is 4.79 Å². The maximum Gasteiger partial charge on any atom is 0.330 e. The van der Waals surface area contributed by atoms with Crippen LogP contribution in [-0.2, 0) is 9.53 Å². The molecule has 0 aliphatic heterocycles. The van der Waals surface area contributed by atoms with Crippen LogP contribution in [0.2, 0.25) is 0 Å². The Kier molecular flexibility index (Phi) is 6.00. The Morgan fingerprint density at radius 1 is 1.17 bits per heavy atom. The van der Waals surface area contributed by atoms with Crippen molar-refractivity contribution in [3.8, 4) is 11.5 Å². The molecule has 0 amide bonds. The number of hydrogen-bond donors (Lipinski definition) is 1. The van der Waals surface area contributed by atoms with E-state index in [1.54, 1.807) is 6.07 Å². The summed E-state index contributed by atoms with van der Waals surface area (Å²) in [6, 6.07) is 11.4. The van der Waals surface area contributed by atoms with Crippen LogP contribution in [0.3, 0.4) is 0 Å². The third kappa shape index (κ3) is 4.23. The van der Waals surface area contributed by atoms with E-state index in [0.717, 1.165) is 22.6 Å². The lowest BCUT2D eigenvalue weighted by Crippen LogP contribution is -2.27. The van der Waals surface area contributed by atoms with Gasteiger partial charge in [-0.3, -0.25) is 0 Å². The number of esters is 1. The maximum absolute atomic E-state index is 11.2. The van der Waals surface area contributed by atoms with Crippen molar-refractivity contribution in [3.63, 3.8) is 0 Å². The highest BCUT2D eigenvalue weighted by Gasteiger charge is 2.14. The van der Waals surface area contributed by atoms with Crippen LogP contribution in [0.4, 0.5) is 0 Å². The highest BCUT2D eigenvalue weighted by atomic mass is 16.6. The second-order valence-electron chi connectivity index (χ2n) is 4.80. The minimum atomic E-state index is -0.745. The number of hydrogen-bond acceptors (Lipinski definition) is 5. The van der Waals surface area contributed by atoms with Gasteiger partial charge in [0.05, 0.1) is 13.2 Å². The number of fused-ring (bicyclic) bond motifs is 1. The highest BCUT2D eigenvalue weighted by molar-refractivity contribution is 5.93. The Balaban J connectivity index is 2.18. The van der Waals surface area contributed by atoms with Crippen molar-refractivity contribution in [2.75, 3.05) is 19.8 Å². The highest BCUT2D eigenvalue weighted by Crippen LogP contribution is 2.33. The fourth-order valence-corrected chi connectivity index (χ4v) is 2.17. The van der Waals surface area contributed by atoms with E-state index < -0.39 is 12.1 Å². The van der Waals surface area contributed by atoms with Gasteiger partial charge < -0.3 is 19.3 Å². The van der Waals surface area contributed by atoms with Gasteiger partial charge in [0.1, 0.15) is 18.1 Å². The molecule has 0 aromatic heterocycles. The molecule has 0 heterocycles. The monoisotopic (exact) mass is 316 g/mol. The van der Waals surface area contributed by atoms with E-state index in [1.165, 1.54) is 0 Å². The third-order valence-corrected chi connectivity index (χ3v) is 3.22. The van der Waals surface area contributed by atoms with E-state index in [2.05, 4.69) is 6.58 Å². The van der Waals surface area contributed by atoms with Crippen LogP contribution < -0.4 is 9.47 Å². The Morgan fingerprint density at radius 2 is 1.78 bits per heavy atom. The first-order valence-corrected chi connectivity index (χ1v) is 7.40. The zero-order chi connectivity index (χ0) is 16.7. The standard InChI is InChI=1S/C18H20O5/c1-3-18(20)23-13(11-19)12-22-17-10-9-16(21-4-2)14-7-5-6-8-15(14)17/h3,5-10,13,19H,1,4,11-12H2,2H3. The van der Waals surface area contributed by atoms with Crippen LogP contribution in [-0.4, -0.2) is 37.0 Å². The largest absolute Gasteiger partial charge is 0.493 e. The molecule has 122 valence electrons. The van der Waals surface area contributed by atoms with E-state index in [0.29, 0.717) is 12.4 Å². The number of ether oxygens (including phenoxy) is 3. The van der Waals surface area contributed by atoms with Crippen LogP contribution >= 0.6 is 0 Å². The first kappa shape index (κ1) is 16.8. The van der Waals surface area contributed by atoms with Crippen molar-refractivity contribution in [1.29, 1.82) is 0 Å². The van der Waals surface area contributed by atoms with Crippen molar-refractivity contribution >= 4 is 16.7 Å². The summed E-state index contributed by atoms with van der Waals surface area (Å²) >= 11 is 0. The topological polar surface area (TPSA) is 65.0 Å². The normalized spacial score (nSPS) is 11.7. The SMILES string of the molecule is C=CC(=O)OC(CO)COc1ccc(OCC)c2ccccc12. The Hall–Kier alpha value is -2.53. The summed E-state index contributed by atoms with van der Waals surface area (Å²) in [6.45, 7) is 5.56. The summed E-state index contributed by atoms with van der Waals surface area (Å²) in [7, 11) is 0. The first-order valence-electron chi connectivity index (χ1n) is 7.40. The van der Waals surface area contributed by atoms with Crippen molar-refractivity contribution in [1.82, 2.24) is 0 Å². The molecule has 2 aromatic rings. The minimum Gasteiger partial charge on any atom is -0.493 e. The molecule has 5 heteroatoms. The summed E-state index contributed by atoms with van der Waals surface area (Å²) < 4.78 is 16.3. The predicted molar refractivity (Wildman–Crippen MR) is 87.8 cm³/mol. The van der Waals surface area contributed by atoms with Crippen molar-refractivity contribution < 1.29 is 24.1 Å². The molecule has 1 unspecified atom stereocenters. The van der Waals surface area contributed by atoms with E-state index in [1.807, 2.05) is 37.3 Å². The summed E-state index contributed by atoms with van der Waals surface area (Å²) in [4.78, 5) is 11.2. The molecule has 0 saturated heterocycles. The summed E-state index contributed by atoms with van der Waals surface area (Å²) in [5.41, 5.74) is 0. The first-order chi connectivity index (χ1) is 11.2. The molecule has 5 nitrogen and oxygen atoms in total. The molecule has 0 bridgehead atoms. The second-order valence-corrected chi connectivity index (χ2v) is 4.80. The average molecular weight is 316 g/mol. The molecule has 0 radical (unpaired) electrons. The lowest BCUT2D eigenvalue weighted by atomic mass is 10.1. The lowest BCUT2D eigenvalue weighted by Gasteiger charge is -2.17. The van der Waals surface area contributed by atoms with E-state index >= 15 is 0 Å². The Morgan fingerprint density at radius 3 is 2.30 bits per heavy atom. The fourth-order valence-electron chi connectivity index (χ4n) is 2.17. The summed E-state index contributed by atoms with van der Waals surface area (Å²) in [6.07, 6.45) is 0.306. The number of aliphatic hydroxyl groups is 1. The van der Waals surface area contributed by atoms with Crippen LogP contribution in [0, 0.1) is 0 Å². The van der Waals surface area contributed by atoms with E-state index in [4.69, 9.17) is 14.2 Å². The van der Waals surface area contributed by atoms with Gasteiger partial charge in [0.2, 0.25) is 0 Å². The Labute approximate surface area is 135 Å². The number of carbonyl (C=O) groups excluding carboxylic acids is 1. The number of carbonyl (C=O) groups is 1. The number of rotatable bonds is 8. The number of aliphatic hydroxyl groups excluding tert-OH is 1. The van der Waals surface area contributed by atoms with Gasteiger partial charge in [0, 0.05) is 16.8 Å². The molecular weight excluding hydrogens is 296 g/mol. The van der Waals surface area contributed by atoms with Crippen LogP contribution in [0.15, 0.2) is 49.1 Å². The zero-order valence-corrected chi connectivity index (χ0v) is 13.0. The molecule has 0 fully saturated rings. The molecular formula is C18H20O5. The van der Waals surface area contributed by atoms with E-state index in [-0.39, 0.29) is 13.2 Å². The van der Waals surface area contributed by atoms with Gasteiger partial charge >= 0.3 is 5.97 Å². The van der Waals surface area contributed by atoms with Gasteiger partial charge in [0.15, 0.2) is 6.10 Å². The van der Waals surface area contributed by atoms with Gasteiger partial charge in [-0.2, -0.15) is 0 Å². The average Bonchev–Trinajstić information content (AvgIpc) is 2.59. The molecule has 0 aliphatic carbocycles. The van der Waals surface area contributed by atoms with Gasteiger partial charge in [-0.1, -0.05) is 30.8 Å². The van der Waals surface area contributed by atoms with Crippen molar-refractivity contribution in [3.05, 3.63) is 49.1 Å². The molecule has 0 aliphatic rings. The molecule has 1 N–H and O–H groups in total. The number of benzene rings is 2. The molecule has 2 rings (SSSR count). The molecule has 0 saturated carbocycles. The third-order valence-electron chi connectivity index (χ3n) is 3.22. The van der Waals surface area contributed by atoms with Gasteiger partial charge in [-0.05, 0) is 19.1 Å². The zero-order valence-electron chi connectivity index (χ0n) is 13.0. The smallest absolute Gasteiger partial charge is 0.330 e. The van der Waals surface area contributed by atoms with Crippen molar-refractivity contribution in [2.24, 2.45) is 0 Å². The van der Waals surface area contributed by atoms with Gasteiger partial charge in [-0.15, -0.1) is 0 Å². The maximum atomic E-state index is 11.2. The second kappa shape index (κ2) is 8.19. The van der Waals surface area contributed by atoms with Gasteiger partial charge in [0.25, 0.3) is 0 Å². The quantitative estimate of drug-likeness (QED) is 0.599. The molecule has 1 atom stereocenters. The molecule has 2 aromatic carbocycles. The minimum absolute atomic E-state index is 0.0497. The molecule has 23 heavy (non-hydrogen) atoms. The molecule has 0 spiro atoms. The van der Waals surface area contributed by atoms with E-state index in [9.17, 15) is 9.90 Å². The summed E-state index contributed by atoms with van der Waals surface area (Å²) in [5, 5.41) is 11.1. The van der Waals surface area contributed by atoms with Crippen molar-refractivity contribution in [2.45, 2.75) is 13.0 Å².